The molecule has 1 heteroatoms. The summed E-state index contributed by atoms with van der Waals surface area (Å²) in [5, 5.41) is 0. The summed E-state index contributed by atoms with van der Waals surface area (Å²) in [5.74, 6) is 0. The Morgan fingerprint density at radius 1 is 1.23 bits per heavy atom. The van der Waals surface area contributed by atoms with Gasteiger partial charge in [-0.3, -0.25) is 0 Å². The van der Waals surface area contributed by atoms with Crippen LogP contribution >= 0.6 is 0 Å². The van der Waals surface area contributed by atoms with E-state index in [-0.39, 0.29) is 0 Å². The SMILES string of the molecule is Cc1cn(C(C)C)c2c1CCCC2. The predicted molar refractivity (Wildman–Crippen MR) is 56.2 cm³/mol. The van der Waals surface area contributed by atoms with Gasteiger partial charge in [-0.1, -0.05) is 0 Å². The number of aryl methyl sites for hydroxylation is 1. The summed E-state index contributed by atoms with van der Waals surface area (Å²) >= 11 is 0. The zero-order valence-electron chi connectivity index (χ0n) is 8.93. The van der Waals surface area contributed by atoms with E-state index in [9.17, 15) is 0 Å². The zero-order valence-corrected chi connectivity index (χ0v) is 8.93. The Balaban J connectivity index is 2.47. The lowest BCUT2D eigenvalue weighted by atomic mass is 9.95. The van der Waals surface area contributed by atoms with Crippen LogP contribution in [0.4, 0.5) is 0 Å². The van der Waals surface area contributed by atoms with E-state index >= 15 is 0 Å². The van der Waals surface area contributed by atoms with Gasteiger partial charge in [0.05, 0.1) is 0 Å². The van der Waals surface area contributed by atoms with Crippen LogP contribution in [0.3, 0.4) is 0 Å². The average molecular weight is 177 g/mol. The Kier molecular flexibility index (Phi) is 2.19. The van der Waals surface area contributed by atoms with Crippen molar-refractivity contribution in [2.75, 3.05) is 0 Å². The van der Waals surface area contributed by atoms with Crippen LogP contribution in [0, 0.1) is 6.92 Å². The molecule has 0 atom stereocenters. The minimum absolute atomic E-state index is 0.626. The highest BCUT2D eigenvalue weighted by atomic mass is 15.0. The van der Waals surface area contributed by atoms with E-state index in [1.54, 1.807) is 11.3 Å². The molecule has 0 bridgehead atoms. The Morgan fingerprint density at radius 3 is 2.62 bits per heavy atom. The van der Waals surface area contributed by atoms with Gasteiger partial charge in [-0.05, 0) is 57.6 Å². The van der Waals surface area contributed by atoms with Crippen LogP contribution in [0.1, 0.15) is 49.6 Å². The van der Waals surface area contributed by atoms with Gasteiger partial charge >= 0.3 is 0 Å². The second-order valence-electron chi connectivity index (χ2n) is 4.45. The molecule has 1 aliphatic rings. The summed E-state index contributed by atoms with van der Waals surface area (Å²) in [6, 6.07) is 0.626. The highest BCUT2D eigenvalue weighted by Crippen LogP contribution is 2.28. The first-order valence-electron chi connectivity index (χ1n) is 5.39. The Bertz CT molecular complexity index is 307. The molecule has 72 valence electrons. The fraction of sp³-hybridized carbons (Fsp3) is 0.667. The highest BCUT2D eigenvalue weighted by Gasteiger charge is 2.17. The molecule has 1 aromatic rings. The van der Waals surface area contributed by atoms with Gasteiger partial charge in [0.1, 0.15) is 0 Å². The van der Waals surface area contributed by atoms with Crippen molar-refractivity contribution in [3.8, 4) is 0 Å². The van der Waals surface area contributed by atoms with E-state index in [0.717, 1.165) is 0 Å². The van der Waals surface area contributed by atoms with Crippen LogP contribution in [0.25, 0.3) is 0 Å². The van der Waals surface area contributed by atoms with Crippen LogP contribution in [0.2, 0.25) is 0 Å². The van der Waals surface area contributed by atoms with Gasteiger partial charge in [0, 0.05) is 17.9 Å². The number of hydrogen-bond acceptors (Lipinski definition) is 0. The number of fused-ring (bicyclic) bond motifs is 1. The minimum Gasteiger partial charge on any atom is -0.348 e. The van der Waals surface area contributed by atoms with E-state index < -0.39 is 0 Å². The standard InChI is InChI=1S/C12H19N/c1-9(2)13-8-10(3)11-6-4-5-7-12(11)13/h8-9H,4-7H2,1-3H3. The first kappa shape index (κ1) is 8.86. The van der Waals surface area contributed by atoms with Crippen molar-refractivity contribution in [3.05, 3.63) is 23.0 Å². The summed E-state index contributed by atoms with van der Waals surface area (Å²) in [4.78, 5) is 0. The first-order valence-corrected chi connectivity index (χ1v) is 5.39. The second kappa shape index (κ2) is 3.21. The van der Waals surface area contributed by atoms with Crippen LogP contribution in [-0.4, -0.2) is 4.57 Å². The highest BCUT2D eigenvalue weighted by molar-refractivity contribution is 5.33. The van der Waals surface area contributed by atoms with Crippen molar-refractivity contribution in [1.29, 1.82) is 0 Å². The van der Waals surface area contributed by atoms with E-state index in [1.807, 2.05) is 0 Å². The van der Waals surface area contributed by atoms with E-state index in [4.69, 9.17) is 0 Å². The van der Waals surface area contributed by atoms with Gasteiger partial charge in [0.15, 0.2) is 0 Å². The molecule has 0 saturated heterocycles. The number of hydrogen-bond donors (Lipinski definition) is 0. The molecule has 1 nitrogen and oxygen atoms in total. The molecular formula is C12H19N. The Labute approximate surface area is 80.8 Å². The van der Waals surface area contributed by atoms with Crippen LogP contribution < -0.4 is 0 Å². The van der Waals surface area contributed by atoms with Crippen molar-refractivity contribution >= 4 is 0 Å². The van der Waals surface area contributed by atoms with Crippen molar-refractivity contribution in [2.24, 2.45) is 0 Å². The van der Waals surface area contributed by atoms with Crippen LogP contribution in [0.15, 0.2) is 6.20 Å². The molecule has 0 N–H and O–H groups in total. The fourth-order valence-corrected chi connectivity index (χ4v) is 2.42. The van der Waals surface area contributed by atoms with Crippen LogP contribution in [0.5, 0.6) is 0 Å². The smallest absolute Gasteiger partial charge is 0.0277 e. The third-order valence-electron chi connectivity index (χ3n) is 3.12. The molecule has 0 aliphatic heterocycles. The normalized spacial score (nSPS) is 16.3. The van der Waals surface area contributed by atoms with Crippen molar-refractivity contribution in [2.45, 2.75) is 52.5 Å². The van der Waals surface area contributed by atoms with Crippen LogP contribution in [-0.2, 0) is 12.8 Å². The Morgan fingerprint density at radius 2 is 1.92 bits per heavy atom. The number of aromatic nitrogens is 1. The average Bonchev–Trinajstić information content (AvgIpc) is 2.45. The molecule has 0 radical (unpaired) electrons. The maximum absolute atomic E-state index is 2.46. The first-order chi connectivity index (χ1) is 6.20. The fourth-order valence-electron chi connectivity index (χ4n) is 2.42. The van der Waals surface area contributed by atoms with Gasteiger partial charge < -0.3 is 4.57 Å². The maximum atomic E-state index is 2.46. The number of rotatable bonds is 1. The second-order valence-corrected chi connectivity index (χ2v) is 4.45. The largest absolute Gasteiger partial charge is 0.348 e. The summed E-state index contributed by atoms with van der Waals surface area (Å²) in [5.41, 5.74) is 4.75. The molecule has 0 aromatic carbocycles. The summed E-state index contributed by atoms with van der Waals surface area (Å²) in [6.45, 7) is 6.80. The molecule has 2 rings (SSSR count). The lowest BCUT2D eigenvalue weighted by Crippen LogP contribution is -2.09. The van der Waals surface area contributed by atoms with Gasteiger partial charge in [0.2, 0.25) is 0 Å². The number of nitrogens with zero attached hydrogens (tertiary/aromatic N) is 1. The lowest BCUT2D eigenvalue weighted by Gasteiger charge is -2.18. The van der Waals surface area contributed by atoms with Gasteiger partial charge in [-0.2, -0.15) is 0 Å². The lowest BCUT2D eigenvalue weighted by molar-refractivity contribution is 0.548. The Hall–Kier alpha value is -0.720. The van der Waals surface area contributed by atoms with Gasteiger partial charge in [0.25, 0.3) is 0 Å². The molecule has 0 fully saturated rings. The molecule has 0 spiro atoms. The molecule has 13 heavy (non-hydrogen) atoms. The minimum atomic E-state index is 0.626. The molecule has 0 unspecified atom stereocenters. The quantitative estimate of drug-likeness (QED) is 0.620. The predicted octanol–water partition coefficient (Wildman–Crippen LogP) is 3.26. The van der Waals surface area contributed by atoms with E-state index in [1.165, 1.54) is 31.2 Å². The summed E-state index contributed by atoms with van der Waals surface area (Å²) < 4.78 is 2.46. The van der Waals surface area contributed by atoms with E-state index in [2.05, 4.69) is 31.5 Å². The topological polar surface area (TPSA) is 4.93 Å². The molecular weight excluding hydrogens is 158 g/mol. The van der Waals surface area contributed by atoms with Gasteiger partial charge in [-0.15, -0.1) is 0 Å². The maximum Gasteiger partial charge on any atom is 0.0277 e. The van der Waals surface area contributed by atoms with Crippen molar-refractivity contribution < 1.29 is 0 Å². The van der Waals surface area contributed by atoms with E-state index in [0.29, 0.717) is 6.04 Å². The zero-order chi connectivity index (χ0) is 9.42. The molecule has 0 saturated carbocycles. The summed E-state index contributed by atoms with van der Waals surface area (Å²) in [7, 11) is 0. The van der Waals surface area contributed by atoms with Crippen molar-refractivity contribution in [3.63, 3.8) is 0 Å². The molecule has 1 aromatic heterocycles. The monoisotopic (exact) mass is 177 g/mol. The molecule has 0 amide bonds. The third-order valence-corrected chi connectivity index (χ3v) is 3.12. The summed E-state index contributed by atoms with van der Waals surface area (Å²) in [6.07, 6.45) is 7.70. The third kappa shape index (κ3) is 1.41. The molecule has 1 aliphatic carbocycles. The van der Waals surface area contributed by atoms with Crippen molar-refractivity contribution in [1.82, 2.24) is 4.57 Å². The molecule has 1 heterocycles. The van der Waals surface area contributed by atoms with Gasteiger partial charge in [-0.25, -0.2) is 0 Å².